The number of primary amides is 1. The first-order valence-electron chi connectivity index (χ1n) is 7.12. The number of esters is 1. The highest BCUT2D eigenvalue weighted by Gasteiger charge is 2.22. The quantitative estimate of drug-likeness (QED) is 0.653. The number of nitrogens with one attached hydrogen (secondary N) is 2. The third kappa shape index (κ3) is 6.56. The first-order chi connectivity index (χ1) is 10.8. The van der Waals surface area contributed by atoms with Gasteiger partial charge in [0.15, 0.2) is 6.10 Å². The van der Waals surface area contributed by atoms with Gasteiger partial charge in [-0.05, 0) is 31.5 Å². The average Bonchev–Trinajstić information content (AvgIpc) is 2.47. The summed E-state index contributed by atoms with van der Waals surface area (Å²) in [5.41, 5.74) is 5.78. The van der Waals surface area contributed by atoms with Crippen molar-refractivity contribution in [1.29, 1.82) is 0 Å². The fourth-order valence-electron chi connectivity index (χ4n) is 1.90. The molecule has 0 spiro atoms. The van der Waals surface area contributed by atoms with Crippen LogP contribution in [0.15, 0.2) is 24.3 Å². The Morgan fingerprint density at radius 3 is 2.39 bits per heavy atom. The van der Waals surface area contributed by atoms with Gasteiger partial charge >= 0.3 is 12.0 Å². The molecular formula is C15H20ClN3O4. The third-order valence-electron chi connectivity index (χ3n) is 2.99. The van der Waals surface area contributed by atoms with Gasteiger partial charge in [-0.25, -0.2) is 4.79 Å². The summed E-state index contributed by atoms with van der Waals surface area (Å²) < 4.78 is 5.05. The minimum absolute atomic E-state index is 0.158. The van der Waals surface area contributed by atoms with Crippen LogP contribution < -0.4 is 16.4 Å². The van der Waals surface area contributed by atoms with Gasteiger partial charge < -0.3 is 21.1 Å². The summed E-state index contributed by atoms with van der Waals surface area (Å²) in [4.78, 5) is 34.6. The van der Waals surface area contributed by atoms with Gasteiger partial charge in [0.05, 0.1) is 12.5 Å². The Morgan fingerprint density at radius 2 is 1.87 bits per heavy atom. The number of likely N-dealkylation sites (N-methyl/N-ethyl adjacent to an activating group) is 1. The zero-order valence-electron chi connectivity index (χ0n) is 13.0. The second kappa shape index (κ2) is 8.99. The molecule has 0 saturated heterocycles. The molecule has 7 nitrogen and oxygen atoms in total. The van der Waals surface area contributed by atoms with Crippen molar-refractivity contribution in [3.63, 3.8) is 0 Å². The average molecular weight is 342 g/mol. The molecule has 0 heterocycles. The predicted molar refractivity (Wildman–Crippen MR) is 85.8 cm³/mol. The maximum Gasteiger partial charge on any atom is 0.312 e. The molecule has 1 aromatic carbocycles. The Morgan fingerprint density at radius 1 is 1.26 bits per heavy atom. The standard InChI is InChI=1S/C15H20ClN3O4/c1-3-18-14(21)9(2)23-13(20)8-12(19-15(17)22)10-4-6-11(16)7-5-10/h4-7,9,12H,3,8H2,1-2H3,(H,18,21)(H3,17,19,22)/t9-,12+/m1/s1. The van der Waals surface area contributed by atoms with Crippen molar-refractivity contribution in [3.05, 3.63) is 34.9 Å². The maximum absolute atomic E-state index is 12.0. The minimum atomic E-state index is -0.915. The lowest BCUT2D eigenvalue weighted by atomic mass is 10.0. The molecule has 23 heavy (non-hydrogen) atoms. The van der Waals surface area contributed by atoms with Crippen LogP contribution in [-0.2, 0) is 14.3 Å². The third-order valence-corrected chi connectivity index (χ3v) is 3.24. The Hall–Kier alpha value is -2.28. The molecule has 0 saturated carbocycles. The summed E-state index contributed by atoms with van der Waals surface area (Å²) in [5.74, 6) is -1.01. The highest BCUT2D eigenvalue weighted by Crippen LogP contribution is 2.20. The fraction of sp³-hybridized carbons (Fsp3) is 0.400. The lowest BCUT2D eigenvalue weighted by Gasteiger charge is -2.19. The molecule has 8 heteroatoms. The van der Waals surface area contributed by atoms with E-state index in [1.165, 1.54) is 6.92 Å². The molecule has 0 bridgehead atoms. The number of hydrogen-bond acceptors (Lipinski definition) is 4. The van der Waals surface area contributed by atoms with E-state index in [9.17, 15) is 14.4 Å². The summed E-state index contributed by atoms with van der Waals surface area (Å²) in [6.45, 7) is 3.68. The molecule has 1 aromatic rings. The molecule has 0 radical (unpaired) electrons. The fourth-order valence-corrected chi connectivity index (χ4v) is 2.03. The van der Waals surface area contributed by atoms with E-state index in [-0.39, 0.29) is 12.3 Å². The van der Waals surface area contributed by atoms with E-state index >= 15 is 0 Å². The van der Waals surface area contributed by atoms with Gasteiger partial charge in [0, 0.05) is 11.6 Å². The van der Waals surface area contributed by atoms with E-state index in [0.717, 1.165) is 0 Å². The van der Waals surface area contributed by atoms with Crippen molar-refractivity contribution in [2.75, 3.05) is 6.54 Å². The van der Waals surface area contributed by atoms with Crippen LogP contribution in [0.5, 0.6) is 0 Å². The number of urea groups is 1. The molecule has 0 aromatic heterocycles. The van der Waals surface area contributed by atoms with Crippen LogP contribution in [0.25, 0.3) is 0 Å². The van der Waals surface area contributed by atoms with Gasteiger partial charge in [0.1, 0.15) is 0 Å². The summed E-state index contributed by atoms with van der Waals surface area (Å²) in [7, 11) is 0. The second-order valence-corrected chi connectivity index (χ2v) is 5.28. The van der Waals surface area contributed by atoms with Gasteiger partial charge in [-0.3, -0.25) is 9.59 Å². The number of benzene rings is 1. The number of halogens is 1. The number of carbonyl (C=O) groups excluding carboxylic acids is 3. The SMILES string of the molecule is CCNC(=O)[C@@H](C)OC(=O)C[C@H](NC(N)=O)c1ccc(Cl)cc1. The van der Waals surface area contributed by atoms with Crippen molar-refractivity contribution >= 4 is 29.5 Å². The van der Waals surface area contributed by atoms with Crippen LogP contribution >= 0.6 is 11.6 Å². The predicted octanol–water partition coefficient (Wildman–Crippen LogP) is 1.51. The van der Waals surface area contributed by atoms with Gasteiger partial charge in [0.25, 0.3) is 5.91 Å². The lowest BCUT2D eigenvalue weighted by Crippen LogP contribution is -2.38. The van der Waals surface area contributed by atoms with Gasteiger partial charge in [0.2, 0.25) is 0 Å². The number of ether oxygens (including phenoxy) is 1. The number of carbonyl (C=O) groups is 3. The van der Waals surface area contributed by atoms with Gasteiger partial charge in [-0.15, -0.1) is 0 Å². The van der Waals surface area contributed by atoms with Crippen molar-refractivity contribution in [1.82, 2.24) is 10.6 Å². The van der Waals surface area contributed by atoms with E-state index in [1.54, 1.807) is 31.2 Å². The lowest BCUT2D eigenvalue weighted by molar-refractivity contribution is -0.155. The summed E-state index contributed by atoms with van der Waals surface area (Å²) in [6, 6.07) is 5.17. The molecular weight excluding hydrogens is 322 g/mol. The second-order valence-electron chi connectivity index (χ2n) is 4.84. The summed E-state index contributed by atoms with van der Waals surface area (Å²) in [5, 5.41) is 5.55. The Balaban J connectivity index is 2.73. The molecule has 4 N–H and O–H groups in total. The van der Waals surface area contributed by atoms with E-state index in [1.807, 2.05) is 0 Å². The molecule has 3 amide bonds. The van der Waals surface area contributed by atoms with E-state index in [0.29, 0.717) is 17.1 Å². The Labute approximate surface area is 139 Å². The summed E-state index contributed by atoms with van der Waals surface area (Å²) in [6.07, 6.45) is -1.07. The Kier molecular flexibility index (Phi) is 7.34. The Bertz CT molecular complexity index is 562. The number of nitrogens with two attached hydrogens (primary N) is 1. The molecule has 126 valence electrons. The molecule has 2 atom stereocenters. The maximum atomic E-state index is 12.0. The zero-order chi connectivity index (χ0) is 17.4. The van der Waals surface area contributed by atoms with Gasteiger partial charge in [-0.2, -0.15) is 0 Å². The first-order valence-corrected chi connectivity index (χ1v) is 7.50. The van der Waals surface area contributed by atoms with Crippen LogP contribution in [0.1, 0.15) is 31.9 Å². The number of amides is 3. The molecule has 0 aliphatic heterocycles. The molecule has 0 aliphatic carbocycles. The normalized spacial score (nSPS) is 12.8. The van der Waals surface area contributed by atoms with Crippen molar-refractivity contribution in [3.8, 4) is 0 Å². The zero-order valence-corrected chi connectivity index (χ0v) is 13.7. The molecule has 0 unspecified atom stereocenters. The van der Waals surface area contributed by atoms with Crippen LogP contribution in [0, 0.1) is 0 Å². The summed E-state index contributed by atoms with van der Waals surface area (Å²) >= 11 is 5.81. The molecule has 1 rings (SSSR count). The first kappa shape index (κ1) is 18.8. The van der Waals surface area contributed by atoms with E-state index < -0.39 is 24.1 Å². The van der Waals surface area contributed by atoms with Crippen LogP contribution in [-0.4, -0.2) is 30.6 Å². The largest absolute Gasteiger partial charge is 0.452 e. The van der Waals surface area contributed by atoms with Gasteiger partial charge in [-0.1, -0.05) is 23.7 Å². The van der Waals surface area contributed by atoms with Crippen LogP contribution in [0.3, 0.4) is 0 Å². The van der Waals surface area contributed by atoms with Crippen LogP contribution in [0.4, 0.5) is 4.79 Å². The smallest absolute Gasteiger partial charge is 0.312 e. The number of rotatable bonds is 7. The van der Waals surface area contributed by atoms with Crippen LogP contribution in [0.2, 0.25) is 5.02 Å². The van der Waals surface area contributed by atoms with Crippen molar-refractivity contribution < 1.29 is 19.1 Å². The minimum Gasteiger partial charge on any atom is -0.452 e. The number of hydrogen-bond donors (Lipinski definition) is 3. The monoisotopic (exact) mass is 341 g/mol. The van der Waals surface area contributed by atoms with E-state index in [4.69, 9.17) is 22.1 Å². The topological polar surface area (TPSA) is 111 Å². The highest BCUT2D eigenvalue weighted by atomic mass is 35.5. The van der Waals surface area contributed by atoms with Crippen molar-refractivity contribution in [2.24, 2.45) is 5.73 Å². The van der Waals surface area contributed by atoms with Crippen molar-refractivity contribution in [2.45, 2.75) is 32.4 Å². The molecule has 0 fully saturated rings. The van der Waals surface area contributed by atoms with E-state index in [2.05, 4.69) is 10.6 Å². The highest BCUT2D eigenvalue weighted by molar-refractivity contribution is 6.30. The molecule has 0 aliphatic rings.